The normalized spacial score (nSPS) is 12.4. The number of nitrogens with one attached hydrogen (secondary N) is 1. The first-order chi connectivity index (χ1) is 9.13. The van der Waals surface area contributed by atoms with Crippen LogP contribution in [0.2, 0.25) is 5.02 Å². The molecule has 1 heterocycles. The summed E-state index contributed by atoms with van der Waals surface area (Å²) in [5.41, 5.74) is 1.37. The van der Waals surface area contributed by atoms with Gasteiger partial charge in [0.2, 0.25) is 0 Å². The summed E-state index contributed by atoms with van der Waals surface area (Å²) in [5, 5.41) is 3.77. The van der Waals surface area contributed by atoms with E-state index in [0.29, 0.717) is 17.1 Å². The van der Waals surface area contributed by atoms with Crippen molar-refractivity contribution in [3.63, 3.8) is 0 Å². The Balaban J connectivity index is 2.51. The Bertz CT molecular complexity index is 577. The maximum atomic E-state index is 14.0. The lowest BCUT2D eigenvalue weighted by Crippen LogP contribution is -2.23. The minimum Gasteiger partial charge on any atom is -0.306 e. The molecular weight excluding hydrogens is 331 g/mol. The quantitative estimate of drug-likeness (QED) is 0.893. The van der Waals surface area contributed by atoms with Gasteiger partial charge >= 0.3 is 0 Å². The number of aromatic nitrogens is 1. The molecule has 0 spiro atoms. The van der Waals surface area contributed by atoms with E-state index < -0.39 is 0 Å². The van der Waals surface area contributed by atoms with Crippen molar-refractivity contribution in [1.82, 2.24) is 10.3 Å². The van der Waals surface area contributed by atoms with E-state index in [2.05, 4.69) is 26.2 Å². The fraction of sp³-hybridized carbons (Fsp3) is 0.214. The van der Waals surface area contributed by atoms with Gasteiger partial charge in [0.05, 0.1) is 11.1 Å². The van der Waals surface area contributed by atoms with Gasteiger partial charge in [-0.25, -0.2) is 4.39 Å². The minimum absolute atomic E-state index is 0.262. The van der Waals surface area contributed by atoms with E-state index in [-0.39, 0.29) is 11.9 Å². The number of hydrogen-bond donors (Lipinski definition) is 1. The first-order valence-corrected chi connectivity index (χ1v) is 7.08. The third kappa shape index (κ3) is 3.32. The van der Waals surface area contributed by atoms with Crippen LogP contribution in [-0.2, 0) is 0 Å². The summed E-state index contributed by atoms with van der Waals surface area (Å²) >= 11 is 9.53. The summed E-state index contributed by atoms with van der Waals surface area (Å²) in [6, 6.07) is 6.39. The Morgan fingerprint density at radius 2 is 2.16 bits per heavy atom. The van der Waals surface area contributed by atoms with Crippen molar-refractivity contribution in [2.45, 2.75) is 13.0 Å². The molecule has 100 valence electrons. The second-order valence-corrected chi connectivity index (χ2v) is 5.38. The van der Waals surface area contributed by atoms with Crippen LogP contribution in [0.4, 0.5) is 4.39 Å². The maximum absolute atomic E-state index is 14.0. The highest BCUT2D eigenvalue weighted by Crippen LogP contribution is 2.30. The van der Waals surface area contributed by atoms with Crippen molar-refractivity contribution in [1.29, 1.82) is 0 Å². The maximum Gasteiger partial charge on any atom is 0.128 e. The lowest BCUT2D eigenvalue weighted by Gasteiger charge is -2.20. The van der Waals surface area contributed by atoms with Gasteiger partial charge in [-0.1, -0.05) is 34.5 Å². The van der Waals surface area contributed by atoms with Crippen molar-refractivity contribution in [3.8, 4) is 0 Å². The Labute approximate surface area is 125 Å². The second kappa shape index (κ2) is 6.46. The van der Waals surface area contributed by atoms with Gasteiger partial charge in [-0.3, -0.25) is 4.98 Å². The molecule has 1 aromatic carbocycles. The van der Waals surface area contributed by atoms with Crippen LogP contribution in [-0.4, -0.2) is 11.5 Å². The van der Waals surface area contributed by atoms with Gasteiger partial charge < -0.3 is 5.32 Å². The van der Waals surface area contributed by atoms with Crippen LogP contribution < -0.4 is 5.32 Å². The standard InChI is InChI=1S/C14H13BrClFN2/c1-2-19-14(10-5-6-18-8-12(10)16)11-7-9(15)3-4-13(11)17/h3-8,14,19H,2H2,1H3. The van der Waals surface area contributed by atoms with E-state index in [0.717, 1.165) is 10.0 Å². The molecule has 0 saturated heterocycles. The van der Waals surface area contributed by atoms with E-state index >= 15 is 0 Å². The van der Waals surface area contributed by atoms with Gasteiger partial charge in [0.1, 0.15) is 5.82 Å². The van der Waals surface area contributed by atoms with Gasteiger partial charge in [0.25, 0.3) is 0 Å². The number of rotatable bonds is 4. The predicted molar refractivity (Wildman–Crippen MR) is 78.9 cm³/mol. The number of benzene rings is 1. The van der Waals surface area contributed by atoms with Crippen molar-refractivity contribution in [2.75, 3.05) is 6.54 Å². The molecule has 0 fully saturated rings. The molecule has 0 saturated carbocycles. The fourth-order valence-corrected chi connectivity index (χ4v) is 2.55. The van der Waals surface area contributed by atoms with Gasteiger partial charge in [0, 0.05) is 22.4 Å². The van der Waals surface area contributed by atoms with E-state index in [1.165, 1.54) is 6.07 Å². The van der Waals surface area contributed by atoms with Crippen molar-refractivity contribution in [3.05, 3.63) is 63.1 Å². The molecule has 1 unspecified atom stereocenters. The van der Waals surface area contributed by atoms with Gasteiger partial charge in [-0.2, -0.15) is 0 Å². The summed E-state index contributed by atoms with van der Waals surface area (Å²) in [7, 11) is 0. The Hall–Kier alpha value is -0.970. The molecule has 2 nitrogen and oxygen atoms in total. The summed E-state index contributed by atoms with van der Waals surface area (Å²) in [6.07, 6.45) is 3.22. The predicted octanol–water partition coefficient (Wildman–Crippen LogP) is 4.34. The summed E-state index contributed by atoms with van der Waals surface area (Å²) in [6.45, 7) is 2.67. The van der Waals surface area contributed by atoms with E-state index in [1.807, 2.05) is 6.92 Å². The van der Waals surface area contributed by atoms with E-state index in [1.54, 1.807) is 30.6 Å². The summed E-state index contributed by atoms with van der Waals surface area (Å²) < 4.78 is 14.9. The number of halogens is 3. The minimum atomic E-state index is -0.294. The van der Waals surface area contributed by atoms with Crippen LogP contribution in [0.3, 0.4) is 0 Å². The molecule has 0 aliphatic rings. The Kier molecular flexibility index (Phi) is 4.91. The second-order valence-electron chi connectivity index (χ2n) is 4.05. The molecule has 0 aliphatic heterocycles. The Morgan fingerprint density at radius 1 is 1.37 bits per heavy atom. The molecule has 0 radical (unpaired) electrons. The summed E-state index contributed by atoms with van der Waals surface area (Å²) in [5.74, 6) is -0.262. The molecule has 0 bridgehead atoms. The average molecular weight is 344 g/mol. The third-order valence-corrected chi connectivity index (χ3v) is 3.60. The van der Waals surface area contributed by atoms with E-state index in [4.69, 9.17) is 11.6 Å². The van der Waals surface area contributed by atoms with Crippen molar-refractivity contribution >= 4 is 27.5 Å². The number of pyridine rings is 1. The van der Waals surface area contributed by atoms with Crippen LogP contribution in [0.5, 0.6) is 0 Å². The zero-order chi connectivity index (χ0) is 13.8. The molecular formula is C14H13BrClFN2. The first kappa shape index (κ1) is 14.4. The topological polar surface area (TPSA) is 24.9 Å². The Morgan fingerprint density at radius 3 is 2.84 bits per heavy atom. The SMILES string of the molecule is CCNC(c1cc(Br)ccc1F)c1ccncc1Cl. The van der Waals surface area contributed by atoms with E-state index in [9.17, 15) is 4.39 Å². The van der Waals surface area contributed by atoms with Crippen LogP contribution in [0.25, 0.3) is 0 Å². The van der Waals surface area contributed by atoms with Gasteiger partial charge in [-0.15, -0.1) is 0 Å². The smallest absolute Gasteiger partial charge is 0.128 e. The molecule has 0 amide bonds. The highest BCUT2D eigenvalue weighted by atomic mass is 79.9. The lowest BCUT2D eigenvalue weighted by atomic mass is 9.99. The lowest BCUT2D eigenvalue weighted by molar-refractivity contribution is 0.558. The highest BCUT2D eigenvalue weighted by Gasteiger charge is 2.19. The molecule has 5 heteroatoms. The zero-order valence-electron chi connectivity index (χ0n) is 10.3. The van der Waals surface area contributed by atoms with Crippen LogP contribution in [0, 0.1) is 5.82 Å². The molecule has 1 atom stereocenters. The number of nitrogens with zero attached hydrogens (tertiary/aromatic N) is 1. The molecule has 0 aliphatic carbocycles. The molecule has 2 rings (SSSR count). The van der Waals surface area contributed by atoms with Gasteiger partial charge in [0.15, 0.2) is 0 Å². The molecule has 2 aromatic rings. The number of hydrogen-bond acceptors (Lipinski definition) is 2. The van der Waals surface area contributed by atoms with Crippen LogP contribution in [0.15, 0.2) is 41.1 Å². The van der Waals surface area contributed by atoms with Gasteiger partial charge in [-0.05, 0) is 36.4 Å². The van der Waals surface area contributed by atoms with Crippen LogP contribution >= 0.6 is 27.5 Å². The largest absolute Gasteiger partial charge is 0.306 e. The zero-order valence-corrected chi connectivity index (χ0v) is 12.7. The third-order valence-electron chi connectivity index (χ3n) is 2.79. The van der Waals surface area contributed by atoms with Crippen molar-refractivity contribution < 1.29 is 4.39 Å². The monoisotopic (exact) mass is 342 g/mol. The fourth-order valence-electron chi connectivity index (χ4n) is 1.95. The molecule has 1 aromatic heterocycles. The first-order valence-electron chi connectivity index (χ1n) is 5.91. The highest BCUT2D eigenvalue weighted by molar-refractivity contribution is 9.10. The van der Waals surface area contributed by atoms with Crippen molar-refractivity contribution in [2.24, 2.45) is 0 Å². The van der Waals surface area contributed by atoms with Crippen LogP contribution in [0.1, 0.15) is 24.1 Å². The average Bonchev–Trinajstić information content (AvgIpc) is 2.40. The molecule has 19 heavy (non-hydrogen) atoms. The molecule has 1 N–H and O–H groups in total. The summed E-state index contributed by atoms with van der Waals surface area (Å²) in [4.78, 5) is 3.96.